The standard InChI is InChI=1S/C14H16N2O4S/c15-10-12-4-1-2-5-13(12)21(17,18)16-7-3-6-14(11-16)19-8-9-20-14/h1-2,4-5H,3,6-9,11H2. The second kappa shape index (κ2) is 5.39. The first-order valence-corrected chi connectivity index (χ1v) is 8.29. The third kappa shape index (κ3) is 2.56. The van der Waals surface area contributed by atoms with Crippen LogP contribution in [0.25, 0.3) is 0 Å². The minimum absolute atomic E-state index is 0.0440. The lowest BCUT2D eigenvalue weighted by molar-refractivity contribution is -0.179. The third-order valence-corrected chi connectivity index (χ3v) is 5.72. The highest BCUT2D eigenvalue weighted by atomic mass is 32.2. The van der Waals surface area contributed by atoms with Gasteiger partial charge < -0.3 is 9.47 Å². The molecule has 1 aromatic carbocycles. The SMILES string of the molecule is N#Cc1ccccc1S(=O)(=O)N1CCCC2(C1)OCCO2. The quantitative estimate of drug-likeness (QED) is 0.817. The van der Waals surface area contributed by atoms with Gasteiger partial charge in [0, 0.05) is 13.0 Å². The molecule has 0 bridgehead atoms. The van der Waals surface area contributed by atoms with Gasteiger partial charge >= 0.3 is 0 Å². The molecule has 0 aliphatic carbocycles. The molecule has 1 spiro atoms. The Balaban J connectivity index is 1.93. The molecule has 0 atom stereocenters. The fourth-order valence-corrected chi connectivity index (χ4v) is 4.47. The molecule has 7 heteroatoms. The summed E-state index contributed by atoms with van der Waals surface area (Å²) in [6.45, 7) is 1.57. The maximum absolute atomic E-state index is 12.8. The molecule has 1 aromatic rings. The lowest BCUT2D eigenvalue weighted by atomic mass is 10.1. The average Bonchev–Trinajstić information content (AvgIpc) is 2.95. The van der Waals surface area contributed by atoms with Crippen LogP contribution < -0.4 is 0 Å². The highest BCUT2D eigenvalue weighted by Crippen LogP contribution is 2.33. The number of ether oxygens (including phenoxy) is 2. The van der Waals surface area contributed by atoms with Crippen LogP contribution in [-0.4, -0.2) is 44.8 Å². The fourth-order valence-electron chi connectivity index (χ4n) is 2.81. The Morgan fingerprint density at radius 3 is 2.67 bits per heavy atom. The minimum Gasteiger partial charge on any atom is -0.346 e. The Bertz CT molecular complexity index is 674. The number of hydrogen-bond donors (Lipinski definition) is 0. The summed E-state index contributed by atoms with van der Waals surface area (Å²) in [6, 6.07) is 8.18. The average molecular weight is 308 g/mol. The van der Waals surface area contributed by atoms with Crippen molar-refractivity contribution in [1.82, 2.24) is 4.31 Å². The van der Waals surface area contributed by atoms with Crippen LogP contribution in [-0.2, 0) is 19.5 Å². The van der Waals surface area contributed by atoms with Crippen molar-refractivity contribution in [2.45, 2.75) is 23.5 Å². The van der Waals surface area contributed by atoms with Gasteiger partial charge in [-0.1, -0.05) is 12.1 Å². The largest absolute Gasteiger partial charge is 0.346 e. The van der Waals surface area contributed by atoms with Crippen molar-refractivity contribution in [1.29, 1.82) is 5.26 Å². The number of sulfonamides is 1. The summed E-state index contributed by atoms with van der Waals surface area (Å²) in [6.07, 6.45) is 1.37. The summed E-state index contributed by atoms with van der Waals surface area (Å²) in [7, 11) is -3.72. The van der Waals surface area contributed by atoms with Gasteiger partial charge in [0.15, 0.2) is 5.79 Å². The van der Waals surface area contributed by atoms with Gasteiger partial charge in [-0.2, -0.15) is 9.57 Å². The molecule has 3 rings (SSSR count). The van der Waals surface area contributed by atoms with Crippen molar-refractivity contribution < 1.29 is 17.9 Å². The van der Waals surface area contributed by atoms with E-state index >= 15 is 0 Å². The zero-order valence-corrected chi connectivity index (χ0v) is 12.3. The molecule has 0 aromatic heterocycles. The molecule has 0 amide bonds. The first-order chi connectivity index (χ1) is 10.1. The molecule has 2 aliphatic heterocycles. The lowest BCUT2D eigenvalue weighted by Gasteiger charge is -2.37. The molecule has 0 N–H and O–H groups in total. The van der Waals surface area contributed by atoms with Crippen LogP contribution >= 0.6 is 0 Å². The number of nitriles is 1. The van der Waals surface area contributed by atoms with E-state index in [0.29, 0.717) is 32.6 Å². The first-order valence-electron chi connectivity index (χ1n) is 6.85. The topological polar surface area (TPSA) is 79.6 Å². The van der Waals surface area contributed by atoms with Crippen molar-refractivity contribution in [3.63, 3.8) is 0 Å². The predicted octanol–water partition coefficient (Wildman–Crippen LogP) is 1.09. The lowest BCUT2D eigenvalue weighted by Crippen LogP contribution is -2.51. The van der Waals surface area contributed by atoms with Crippen LogP contribution in [0.3, 0.4) is 0 Å². The maximum Gasteiger partial charge on any atom is 0.244 e. The van der Waals surface area contributed by atoms with Crippen LogP contribution in [0.5, 0.6) is 0 Å². The zero-order chi connectivity index (χ0) is 14.9. The van der Waals surface area contributed by atoms with Gasteiger partial charge in [-0.3, -0.25) is 0 Å². The van der Waals surface area contributed by atoms with Gasteiger partial charge in [0.05, 0.1) is 30.2 Å². The molecule has 21 heavy (non-hydrogen) atoms. The second-order valence-electron chi connectivity index (χ2n) is 5.16. The first kappa shape index (κ1) is 14.5. The van der Waals surface area contributed by atoms with E-state index in [1.165, 1.54) is 16.4 Å². The Kier molecular flexibility index (Phi) is 3.71. The van der Waals surface area contributed by atoms with E-state index in [1.807, 2.05) is 6.07 Å². The summed E-state index contributed by atoms with van der Waals surface area (Å²) in [5.74, 6) is -0.813. The molecule has 0 radical (unpaired) electrons. The Morgan fingerprint density at radius 1 is 1.24 bits per heavy atom. The molecular weight excluding hydrogens is 292 g/mol. The Morgan fingerprint density at radius 2 is 1.95 bits per heavy atom. The maximum atomic E-state index is 12.8. The van der Waals surface area contributed by atoms with E-state index in [4.69, 9.17) is 14.7 Å². The Labute approximate surface area is 123 Å². The summed E-state index contributed by atoms with van der Waals surface area (Å²) < 4.78 is 38.1. The van der Waals surface area contributed by atoms with Crippen LogP contribution in [0.4, 0.5) is 0 Å². The molecule has 6 nitrogen and oxygen atoms in total. The zero-order valence-electron chi connectivity index (χ0n) is 11.5. The number of rotatable bonds is 2. The van der Waals surface area contributed by atoms with E-state index in [1.54, 1.807) is 12.1 Å². The van der Waals surface area contributed by atoms with Crippen LogP contribution in [0, 0.1) is 11.3 Å². The van der Waals surface area contributed by atoms with Gasteiger partial charge in [0.25, 0.3) is 0 Å². The molecular formula is C14H16N2O4S. The number of piperidine rings is 1. The number of hydrogen-bond acceptors (Lipinski definition) is 5. The molecule has 2 aliphatic rings. The Hall–Kier alpha value is -1.46. The van der Waals surface area contributed by atoms with Crippen molar-refractivity contribution in [3.8, 4) is 6.07 Å². The van der Waals surface area contributed by atoms with E-state index < -0.39 is 15.8 Å². The van der Waals surface area contributed by atoms with Gasteiger partial charge in [-0.05, 0) is 18.6 Å². The summed E-state index contributed by atoms with van der Waals surface area (Å²) in [5, 5.41) is 9.10. The van der Waals surface area contributed by atoms with Crippen molar-refractivity contribution >= 4 is 10.0 Å². The molecule has 112 valence electrons. The number of nitrogens with zero attached hydrogens (tertiary/aromatic N) is 2. The monoisotopic (exact) mass is 308 g/mol. The minimum atomic E-state index is -3.72. The van der Waals surface area contributed by atoms with Gasteiger partial charge in [0.2, 0.25) is 10.0 Å². The highest BCUT2D eigenvalue weighted by Gasteiger charge is 2.44. The molecule has 2 saturated heterocycles. The second-order valence-corrected chi connectivity index (χ2v) is 7.06. The third-order valence-electron chi connectivity index (χ3n) is 3.82. The van der Waals surface area contributed by atoms with E-state index in [9.17, 15) is 8.42 Å². The van der Waals surface area contributed by atoms with Gasteiger partial charge in [0.1, 0.15) is 6.07 Å². The van der Waals surface area contributed by atoms with E-state index in [-0.39, 0.29) is 17.0 Å². The molecule has 0 unspecified atom stereocenters. The van der Waals surface area contributed by atoms with Crippen molar-refractivity contribution in [2.24, 2.45) is 0 Å². The van der Waals surface area contributed by atoms with Gasteiger partial charge in [-0.15, -0.1) is 0 Å². The summed E-state index contributed by atoms with van der Waals surface area (Å²) >= 11 is 0. The van der Waals surface area contributed by atoms with Crippen molar-refractivity contribution in [3.05, 3.63) is 29.8 Å². The predicted molar refractivity (Wildman–Crippen MR) is 73.8 cm³/mol. The summed E-state index contributed by atoms with van der Waals surface area (Å²) in [5.41, 5.74) is 0.158. The van der Waals surface area contributed by atoms with E-state index in [0.717, 1.165) is 0 Å². The number of benzene rings is 1. The molecule has 0 saturated carbocycles. The summed E-state index contributed by atoms with van der Waals surface area (Å²) in [4.78, 5) is 0.0440. The normalized spacial score (nSPS) is 22.2. The fraction of sp³-hybridized carbons (Fsp3) is 0.500. The van der Waals surface area contributed by atoms with Gasteiger partial charge in [-0.25, -0.2) is 8.42 Å². The molecule has 2 fully saturated rings. The highest BCUT2D eigenvalue weighted by molar-refractivity contribution is 7.89. The van der Waals surface area contributed by atoms with Crippen LogP contribution in [0.15, 0.2) is 29.2 Å². The smallest absolute Gasteiger partial charge is 0.244 e. The van der Waals surface area contributed by atoms with Crippen LogP contribution in [0.2, 0.25) is 0 Å². The van der Waals surface area contributed by atoms with E-state index in [2.05, 4.69) is 0 Å². The molecule has 2 heterocycles. The van der Waals surface area contributed by atoms with Crippen molar-refractivity contribution in [2.75, 3.05) is 26.3 Å². The van der Waals surface area contributed by atoms with Crippen LogP contribution in [0.1, 0.15) is 18.4 Å².